The predicted octanol–water partition coefficient (Wildman–Crippen LogP) is 5.41. The third kappa shape index (κ3) is 1.67. The molecule has 1 saturated heterocycles. The van der Waals surface area contributed by atoms with Crippen molar-refractivity contribution in [1.82, 2.24) is 0 Å². The van der Waals surface area contributed by atoms with Gasteiger partial charge in [-0.25, -0.2) is 0 Å². The molecule has 6 fully saturated rings. The van der Waals surface area contributed by atoms with Gasteiger partial charge in [0.15, 0.2) is 5.79 Å². The van der Waals surface area contributed by atoms with Crippen molar-refractivity contribution in [1.29, 1.82) is 0 Å². The van der Waals surface area contributed by atoms with Crippen molar-refractivity contribution in [2.75, 3.05) is 13.2 Å². The number of rotatable bonds is 0. The summed E-state index contributed by atoms with van der Waals surface area (Å²) in [5, 5.41) is 0. The van der Waals surface area contributed by atoms with Crippen LogP contribution in [0, 0.1) is 45.8 Å². The van der Waals surface area contributed by atoms with Gasteiger partial charge in [-0.3, -0.25) is 0 Å². The van der Waals surface area contributed by atoms with Crippen molar-refractivity contribution < 1.29 is 9.47 Å². The van der Waals surface area contributed by atoms with E-state index in [1.807, 2.05) is 0 Å². The molecule has 6 rings (SSSR count). The summed E-state index contributed by atoms with van der Waals surface area (Å²) in [5.74, 6) is 4.57. The van der Waals surface area contributed by atoms with E-state index in [2.05, 4.69) is 20.8 Å². The average Bonchev–Trinajstić information content (AvgIpc) is 2.95. The molecule has 2 nitrogen and oxygen atoms in total. The highest BCUT2D eigenvalue weighted by molar-refractivity contribution is 5.23. The van der Waals surface area contributed by atoms with Crippen LogP contribution in [0.1, 0.15) is 78.6 Å². The zero-order valence-electron chi connectivity index (χ0n) is 16.5. The van der Waals surface area contributed by atoms with Gasteiger partial charge in [-0.05, 0) is 85.4 Å². The summed E-state index contributed by atoms with van der Waals surface area (Å²) in [5.41, 5.74) is 1.66. The second-order valence-corrected chi connectivity index (χ2v) is 11.4. The number of ether oxygens (including phenoxy) is 2. The Morgan fingerprint density at radius 3 is 2.28 bits per heavy atom. The molecule has 1 heterocycles. The molecule has 25 heavy (non-hydrogen) atoms. The molecule has 5 saturated carbocycles. The van der Waals surface area contributed by atoms with Crippen LogP contribution in [0.25, 0.3) is 0 Å². The molecule has 0 aromatic heterocycles. The maximum absolute atomic E-state index is 6.31. The molecule has 140 valence electrons. The van der Waals surface area contributed by atoms with E-state index >= 15 is 0 Å². The highest BCUT2D eigenvalue weighted by atomic mass is 16.7. The molecule has 1 aliphatic heterocycles. The van der Waals surface area contributed by atoms with Crippen LogP contribution in [-0.2, 0) is 9.47 Å². The summed E-state index contributed by atoms with van der Waals surface area (Å²) in [7, 11) is 0. The Morgan fingerprint density at radius 1 is 0.800 bits per heavy atom. The predicted molar refractivity (Wildman–Crippen MR) is 98.0 cm³/mol. The second kappa shape index (κ2) is 4.66. The molecular weight excluding hydrogens is 308 g/mol. The van der Waals surface area contributed by atoms with E-state index in [0.29, 0.717) is 5.41 Å². The van der Waals surface area contributed by atoms with E-state index in [1.54, 1.807) is 6.42 Å². The van der Waals surface area contributed by atoms with E-state index in [4.69, 9.17) is 9.47 Å². The van der Waals surface area contributed by atoms with Gasteiger partial charge in [0.25, 0.3) is 0 Å². The first-order valence-corrected chi connectivity index (χ1v) is 11.2. The Balaban J connectivity index is 1.36. The van der Waals surface area contributed by atoms with Crippen LogP contribution in [0.4, 0.5) is 0 Å². The van der Waals surface area contributed by atoms with Gasteiger partial charge in [-0.2, -0.15) is 0 Å². The van der Waals surface area contributed by atoms with Crippen LogP contribution in [-0.4, -0.2) is 19.0 Å². The maximum atomic E-state index is 6.31. The van der Waals surface area contributed by atoms with Gasteiger partial charge in [0.2, 0.25) is 0 Å². The summed E-state index contributed by atoms with van der Waals surface area (Å²) < 4.78 is 12.6. The van der Waals surface area contributed by atoms with Crippen molar-refractivity contribution in [2.24, 2.45) is 45.8 Å². The number of hydrogen-bond donors (Lipinski definition) is 0. The second-order valence-electron chi connectivity index (χ2n) is 11.4. The van der Waals surface area contributed by atoms with Crippen LogP contribution < -0.4 is 0 Å². The molecule has 0 N–H and O–H groups in total. The van der Waals surface area contributed by atoms with Crippen molar-refractivity contribution in [3.8, 4) is 0 Å². The number of hydrogen-bond acceptors (Lipinski definition) is 2. The summed E-state index contributed by atoms with van der Waals surface area (Å²) in [6, 6.07) is 0. The molecule has 0 aromatic rings. The standard InChI is InChI=1S/C23H36O2/c1-15-4-7-20(2)18-5-8-21(3)19(6-9-23(21)24-10-11-25-23)17(18)12-16-14-22(16,20)13-15/h15-19H,4-14H2,1-3H3/t15-,16?,17+,18-,19-,20+,21-,22?/m0/s1. The molecule has 2 unspecified atom stereocenters. The van der Waals surface area contributed by atoms with Crippen LogP contribution in [0.2, 0.25) is 0 Å². The van der Waals surface area contributed by atoms with Crippen LogP contribution >= 0.6 is 0 Å². The highest BCUT2D eigenvalue weighted by Gasteiger charge is 2.75. The molecule has 0 bridgehead atoms. The highest BCUT2D eigenvalue weighted by Crippen LogP contribution is 2.81. The summed E-state index contributed by atoms with van der Waals surface area (Å²) in [6.45, 7) is 9.41. The molecule has 0 amide bonds. The summed E-state index contributed by atoms with van der Waals surface area (Å²) in [4.78, 5) is 0. The smallest absolute Gasteiger partial charge is 0.174 e. The van der Waals surface area contributed by atoms with Gasteiger partial charge >= 0.3 is 0 Å². The number of fused-ring (bicyclic) bond motifs is 5. The van der Waals surface area contributed by atoms with Gasteiger partial charge in [-0.1, -0.05) is 27.2 Å². The SMILES string of the molecule is C[C@H]1CC[C@]2(C)[C@H]3CC[C@@]4(C)[C@@H](CCC45OCCO5)[C@@H]3CC3CC32C1. The maximum Gasteiger partial charge on any atom is 0.174 e. The fourth-order valence-corrected chi connectivity index (χ4v) is 9.57. The van der Waals surface area contributed by atoms with Gasteiger partial charge in [-0.15, -0.1) is 0 Å². The minimum atomic E-state index is -0.220. The van der Waals surface area contributed by atoms with Crippen molar-refractivity contribution in [2.45, 2.75) is 84.3 Å². The zero-order chi connectivity index (χ0) is 17.1. The minimum absolute atomic E-state index is 0.220. The fourth-order valence-electron chi connectivity index (χ4n) is 9.57. The van der Waals surface area contributed by atoms with Gasteiger partial charge in [0, 0.05) is 11.8 Å². The molecule has 0 radical (unpaired) electrons. The first-order chi connectivity index (χ1) is 11.9. The zero-order valence-corrected chi connectivity index (χ0v) is 16.5. The Labute approximate surface area is 153 Å². The first kappa shape index (κ1) is 15.9. The van der Waals surface area contributed by atoms with E-state index in [1.165, 1.54) is 44.9 Å². The van der Waals surface area contributed by atoms with Crippen LogP contribution in [0.15, 0.2) is 0 Å². The third-order valence-electron chi connectivity index (χ3n) is 10.8. The third-order valence-corrected chi connectivity index (χ3v) is 10.8. The molecule has 0 aromatic carbocycles. The van der Waals surface area contributed by atoms with Crippen molar-refractivity contribution in [3.63, 3.8) is 0 Å². The lowest BCUT2D eigenvalue weighted by Gasteiger charge is -2.61. The Hall–Kier alpha value is -0.0800. The lowest BCUT2D eigenvalue weighted by atomic mass is 9.44. The molecule has 2 heteroatoms. The molecule has 6 aliphatic rings. The van der Waals surface area contributed by atoms with Crippen molar-refractivity contribution in [3.05, 3.63) is 0 Å². The quantitative estimate of drug-likeness (QED) is 0.585. The molecule has 2 spiro atoms. The van der Waals surface area contributed by atoms with E-state index in [9.17, 15) is 0 Å². The van der Waals surface area contributed by atoms with Crippen molar-refractivity contribution >= 4 is 0 Å². The van der Waals surface area contributed by atoms with E-state index < -0.39 is 0 Å². The van der Waals surface area contributed by atoms with Crippen LogP contribution in [0.5, 0.6) is 0 Å². The van der Waals surface area contributed by atoms with Crippen LogP contribution in [0.3, 0.4) is 0 Å². The Bertz CT molecular complexity index is 595. The molecular formula is C23H36O2. The summed E-state index contributed by atoms with van der Waals surface area (Å²) >= 11 is 0. The van der Waals surface area contributed by atoms with E-state index in [-0.39, 0.29) is 11.2 Å². The molecule has 5 aliphatic carbocycles. The largest absolute Gasteiger partial charge is 0.347 e. The topological polar surface area (TPSA) is 18.5 Å². The lowest BCUT2D eigenvalue weighted by Crippen LogP contribution is -2.57. The molecule has 8 atom stereocenters. The van der Waals surface area contributed by atoms with Gasteiger partial charge in [0.05, 0.1) is 13.2 Å². The average molecular weight is 345 g/mol. The lowest BCUT2D eigenvalue weighted by molar-refractivity contribution is -0.248. The summed E-state index contributed by atoms with van der Waals surface area (Å²) in [6.07, 6.45) is 12.9. The Morgan fingerprint density at radius 2 is 1.48 bits per heavy atom. The first-order valence-electron chi connectivity index (χ1n) is 11.2. The van der Waals surface area contributed by atoms with Gasteiger partial charge in [0.1, 0.15) is 0 Å². The monoisotopic (exact) mass is 344 g/mol. The van der Waals surface area contributed by atoms with Gasteiger partial charge < -0.3 is 9.47 Å². The normalized spacial score (nSPS) is 61.3. The van der Waals surface area contributed by atoms with E-state index in [0.717, 1.165) is 54.6 Å². The minimum Gasteiger partial charge on any atom is -0.347 e. The fraction of sp³-hybridized carbons (Fsp3) is 1.00. The Kier molecular flexibility index (Phi) is 2.97.